The molecule has 0 bridgehead atoms. The lowest BCUT2D eigenvalue weighted by Gasteiger charge is -2.06. The summed E-state index contributed by atoms with van der Waals surface area (Å²) < 4.78 is 15.9. The number of aromatic carboxylic acids is 1. The largest absolute Gasteiger partial charge is 0.489 e. The Morgan fingerprint density at radius 3 is 2.62 bits per heavy atom. The molecule has 0 saturated carbocycles. The number of anilines is 1. The van der Waals surface area contributed by atoms with Gasteiger partial charge < -0.3 is 19.0 Å². The summed E-state index contributed by atoms with van der Waals surface area (Å²) in [7, 11) is 0. The summed E-state index contributed by atoms with van der Waals surface area (Å²) in [4.78, 5) is 23.1. The number of hydrogen-bond donors (Lipinski definition) is 2. The summed E-state index contributed by atoms with van der Waals surface area (Å²) >= 11 is 0. The second-order valence-electron chi connectivity index (χ2n) is 5.39. The standard InChI is InChI=1S/C19H17NO6/c1-2-24-19(23)20-16-14-9-8-13(10-15(14)26-17(16)18(21)22)25-11-12-6-4-3-5-7-12/h3-10H,2,11H2,1H3,(H,20,23)(H,21,22). The van der Waals surface area contributed by atoms with Crippen LogP contribution in [0.2, 0.25) is 0 Å². The number of ether oxygens (including phenoxy) is 2. The summed E-state index contributed by atoms with van der Waals surface area (Å²) in [6.45, 7) is 2.19. The van der Waals surface area contributed by atoms with Crippen LogP contribution in [-0.4, -0.2) is 23.8 Å². The molecule has 1 heterocycles. The fraction of sp³-hybridized carbons (Fsp3) is 0.158. The van der Waals surface area contributed by atoms with Crippen LogP contribution in [0.25, 0.3) is 11.0 Å². The quantitative estimate of drug-likeness (QED) is 0.685. The number of furan rings is 1. The van der Waals surface area contributed by atoms with Gasteiger partial charge in [0.25, 0.3) is 0 Å². The summed E-state index contributed by atoms with van der Waals surface area (Å²) in [6, 6.07) is 14.5. The molecule has 2 aromatic carbocycles. The number of carboxylic acid groups (broad SMARTS) is 1. The van der Waals surface area contributed by atoms with E-state index in [-0.39, 0.29) is 18.1 Å². The van der Waals surface area contributed by atoms with E-state index in [4.69, 9.17) is 13.9 Å². The fourth-order valence-electron chi connectivity index (χ4n) is 2.45. The van der Waals surface area contributed by atoms with E-state index < -0.39 is 12.1 Å². The number of carboxylic acids is 1. The molecule has 0 unspecified atom stereocenters. The minimum absolute atomic E-state index is 0.0561. The van der Waals surface area contributed by atoms with Gasteiger partial charge in [-0.1, -0.05) is 30.3 Å². The lowest BCUT2D eigenvalue weighted by Crippen LogP contribution is -2.15. The van der Waals surface area contributed by atoms with Crippen molar-refractivity contribution >= 4 is 28.7 Å². The van der Waals surface area contributed by atoms with Crippen LogP contribution in [0, 0.1) is 0 Å². The van der Waals surface area contributed by atoms with E-state index in [0.717, 1.165) is 5.56 Å². The minimum Gasteiger partial charge on any atom is -0.489 e. The van der Waals surface area contributed by atoms with Crippen molar-refractivity contribution in [1.82, 2.24) is 0 Å². The molecule has 1 aromatic heterocycles. The number of amides is 1. The van der Waals surface area contributed by atoms with Crippen molar-refractivity contribution < 1.29 is 28.6 Å². The van der Waals surface area contributed by atoms with Gasteiger partial charge in [-0.15, -0.1) is 0 Å². The Morgan fingerprint density at radius 1 is 1.15 bits per heavy atom. The number of hydrogen-bond acceptors (Lipinski definition) is 5. The Hall–Kier alpha value is -3.48. The fourth-order valence-corrected chi connectivity index (χ4v) is 2.45. The van der Waals surface area contributed by atoms with Gasteiger partial charge in [0.1, 0.15) is 23.6 Å². The Balaban J connectivity index is 1.87. The second kappa shape index (κ2) is 7.60. The normalized spacial score (nSPS) is 10.5. The molecule has 0 saturated heterocycles. The second-order valence-corrected chi connectivity index (χ2v) is 5.39. The summed E-state index contributed by atoms with van der Waals surface area (Å²) in [6.07, 6.45) is -0.748. The zero-order valence-corrected chi connectivity index (χ0v) is 14.0. The van der Waals surface area contributed by atoms with E-state index in [1.165, 1.54) is 0 Å². The van der Waals surface area contributed by atoms with E-state index in [1.807, 2.05) is 30.3 Å². The van der Waals surface area contributed by atoms with Gasteiger partial charge in [-0.2, -0.15) is 0 Å². The highest BCUT2D eigenvalue weighted by atomic mass is 16.5. The molecule has 3 aromatic rings. The molecule has 26 heavy (non-hydrogen) atoms. The molecule has 0 atom stereocenters. The van der Waals surface area contributed by atoms with E-state index >= 15 is 0 Å². The van der Waals surface area contributed by atoms with Gasteiger partial charge in [-0.25, -0.2) is 9.59 Å². The van der Waals surface area contributed by atoms with Gasteiger partial charge in [0.15, 0.2) is 0 Å². The maximum atomic E-state index is 11.7. The Kier molecular flexibility index (Phi) is 5.07. The summed E-state index contributed by atoms with van der Waals surface area (Å²) in [5.41, 5.74) is 1.35. The van der Waals surface area contributed by atoms with Gasteiger partial charge in [-0.3, -0.25) is 5.32 Å². The monoisotopic (exact) mass is 355 g/mol. The first-order chi connectivity index (χ1) is 12.6. The van der Waals surface area contributed by atoms with Crippen LogP contribution in [-0.2, 0) is 11.3 Å². The summed E-state index contributed by atoms with van der Waals surface area (Å²) in [5.74, 6) is -1.14. The predicted octanol–water partition coefficient (Wildman–Crippen LogP) is 4.28. The van der Waals surface area contributed by atoms with Crippen molar-refractivity contribution in [3.8, 4) is 5.75 Å². The molecule has 0 aliphatic heterocycles. The van der Waals surface area contributed by atoms with Gasteiger partial charge in [-0.05, 0) is 24.6 Å². The number of carbonyl (C=O) groups excluding carboxylic acids is 1. The molecule has 0 spiro atoms. The van der Waals surface area contributed by atoms with Crippen molar-refractivity contribution in [3.05, 3.63) is 59.9 Å². The predicted molar refractivity (Wildman–Crippen MR) is 94.6 cm³/mol. The van der Waals surface area contributed by atoms with Crippen molar-refractivity contribution in [2.24, 2.45) is 0 Å². The molecule has 134 valence electrons. The highest BCUT2D eigenvalue weighted by Crippen LogP contribution is 2.33. The number of nitrogens with one attached hydrogen (secondary N) is 1. The van der Waals surface area contributed by atoms with Crippen molar-refractivity contribution in [2.75, 3.05) is 11.9 Å². The van der Waals surface area contributed by atoms with Gasteiger partial charge in [0.05, 0.1) is 6.61 Å². The minimum atomic E-state index is -1.29. The van der Waals surface area contributed by atoms with Gasteiger partial charge >= 0.3 is 12.1 Å². The molecule has 0 aliphatic carbocycles. The first kappa shape index (κ1) is 17.3. The lowest BCUT2D eigenvalue weighted by molar-refractivity contribution is 0.0666. The van der Waals surface area contributed by atoms with Gasteiger partial charge in [0, 0.05) is 11.5 Å². The SMILES string of the molecule is CCOC(=O)Nc1c(C(=O)O)oc2cc(OCc3ccccc3)ccc12. The third-order valence-corrected chi connectivity index (χ3v) is 3.61. The first-order valence-corrected chi connectivity index (χ1v) is 7.99. The van der Waals surface area contributed by atoms with Crippen LogP contribution >= 0.6 is 0 Å². The van der Waals surface area contributed by atoms with E-state index in [0.29, 0.717) is 23.3 Å². The molecule has 3 rings (SSSR count). The van der Waals surface area contributed by atoms with Crippen LogP contribution in [0.5, 0.6) is 5.75 Å². The van der Waals surface area contributed by atoms with E-state index in [9.17, 15) is 14.7 Å². The van der Waals surface area contributed by atoms with Crippen molar-refractivity contribution in [1.29, 1.82) is 0 Å². The average Bonchev–Trinajstić information content (AvgIpc) is 2.99. The average molecular weight is 355 g/mol. The maximum absolute atomic E-state index is 11.7. The lowest BCUT2D eigenvalue weighted by atomic mass is 10.2. The van der Waals surface area contributed by atoms with Crippen molar-refractivity contribution in [3.63, 3.8) is 0 Å². The number of rotatable bonds is 6. The Labute approximate surface area is 149 Å². The molecular weight excluding hydrogens is 338 g/mol. The number of fused-ring (bicyclic) bond motifs is 1. The van der Waals surface area contributed by atoms with Crippen LogP contribution in [0.3, 0.4) is 0 Å². The topological polar surface area (TPSA) is 98.0 Å². The van der Waals surface area contributed by atoms with Crippen LogP contribution < -0.4 is 10.1 Å². The smallest absolute Gasteiger partial charge is 0.411 e. The molecule has 0 radical (unpaired) electrons. The van der Waals surface area contributed by atoms with Crippen LogP contribution in [0.15, 0.2) is 52.9 Å². The third-order valence-electron chi connectivity index (χ3n) is 3.61. The van der Waals surface area contributed by atoms with E-state index in [2.05, 4.69) is 5.32 Å². The Morgan fingerprint density at radius 2 is 1.92 bits per heavy atom. The highest BCUT2D eigenvalue weighted by Gasteiger charge is 2.22. The molecule has 2 N–H and O–H groups in total. The Bertz CT molecular complexity index is 932. The number of benzene rings is 2. The zero-order valence-electron chi connectivity index (χ0n) is 14.0. The molecule has 1 amide bonds. The van der Waals surface area contributed by atoms with Gasteiger partial charge in [0.2, 0.25) is 5.76 Å². The molecule has 0 aliphatic rings. The molecule has 7 heteroatoms. The molecule has 7 nitrogen and oxygen atoms in total. The zero-order chi connectivity index (χ0) is 18.5. The van der Waals surface area contributed by atoms with Crippen molar-refractivity contribution in [2.45, 2.75) is 13.5 Å². The third kappa shape index (κ3) is 3.77. The maximum Gasteiger partial charge on any atom is 0.411 e. The highest BCUT2D eigenvalue weighted by molar-refractivity contribution is 6.08. The first-order valence-electron chi connectivity index (χ1n) is 7.99. The molecular formula is C19H17NO6. The molecule has 0 fully saturated rings. The number of carbonyl (C=O) groups is 2. The van der Waals surface area contributed by atoms with Crippen LogP contribution in [0.4, 0.5) is 10.5 Å². The van der Waals surface area contributed by atoms with E-state index in [1.54, 1.807) is 25.1 Å². The van der Waals surface area contributed by atoms with Crippen LogP contribution in [0.1, 0.15) is 23.0 Å². The summed E-state index contributed by atoms with van der Waals surface area (Å²) in [5, 5.41) is 12.2.